The van der Waals surface area contributed by atoms with Crippen molar-refractivity contribution in [2.45, 2.75) is 47.0 Å². The van der Waals surface area contributed by atoms with E-state index in [0.29, 0.717) is 25.4 Å². The molecule has 1 aromatic carbocycles. The number of para-hydroxylation sites is 1. The van der Waals surface area contributed by atoms with Crippen molar-refractivity contribution in [2.24, 2.45) is 0 Å². The minimum absolute atomic E-state index is 0.158. The zero-order valence-corrected chi connectivity index (χ0v) is 19.7. The lowest BCUT2D eigenvalue weighted by Gasteiger charge is -2.35. The number of aryl methyl sites for hydroxylation is 2. The summed E-state index contributed by atoms with van der Waals surface area (Å²) in [6.07, 6.45) is 0.384. The summed E-state index contributed by atoms with van der Waals surface area (Å²) < 4.78 is 1.93. The average molecular weight is 433 g/mol. The van der Waals surface area contributed by atoms with Crippen molar-refractivity contribution in [2.75, 3.05) is 31.1 Å². The van der Waals surface area contributed by atoms with Crippen molar-refractivity contribution in [3.8, 4) is 5.69 Å². The van der Waals surface area contributed by atoms with Gasteiger partial charge in [0, 0.05) is 55.1 Å². The summed E-state index contributed by atoms with van der Waals surface area (Å²) in [4.78, 5) is 26.6. The average Bonchev–Trinajstić information content (AvgIpc) is 3.07. The quantitative estimate of drug-likeness (QED) is 0.616. The van der Waals surface area contributed by atoms with E-state index in [9.17, 15) is 4.79 Å². The van der Waals surface area contributed by atoms with Crippen LogP contribution in [0.1, 0.15) is 48.2 Å². The summed E-state index contributed by atoms with van der Waals surface area (Å²) in [6, 6.07) is 12.1. The predicted octanol–water partition coefficient (Wildman–Crippen LogP) is 3.60. The first-order valence-electron chi connectivity index (χ1n) is 11.3. The maximum absolute atomic E-state index is 13.1. The second kappa shape index (κ2) is 9.10. The van der Waals surface area contributed by atoms with Gasteiger partial charge in [0.05, 0.1) is 17.8 Å². The van der Waals surface area contributed by atoms with E-state index in [1.807, 2.05) is 66.8 Å². The Labute approximate surface area is 190 Å². The fraction of sp³-hybridized carbons (Fsp3) is 0.440. The highest BCUT2D eigenvalue weighted by Gasteiger charge is 2.25. The van der Waals surface area contributed by atoms with E-state index in [0.717, 1.165) is 53.1 Å². The number of carbonyl (C=O) groups excluding carboxylic acids is 1. The summed E-state index contributed by atoms with van der Waals surface area (Å²) in [5, 5.41) is 4.68. The zero-order chi connectivity index (χ0) is 22.8. The molecule has 7 heteroatoms. The van der Waals surface area contributed by atoms with Crippen LogP contribution in [0.2, 0.25) is 0 Å². The third-order valence-electron chi connectivity index (χ3n) is 6.10. The minimum atomic E-state index is 0.158. The van der Waals surface area contributed by atoms with Gasteiger partial charge in [0.15, 0.2) is 0 Å². The molecule has 0 spiro atoms. The van der Waals surface area contributed by atoms with Gasteiger partial charge >= 0.3 is 0 Å². The predicted molar refractivity (Wildman–Crippen MR) is 126 cm³/mol. The number of piperazine rings is 1. The summed E-state index contributed by atoms with van der Waals surface area (Å²) >= 11 is 0. The van der Waals surface area contributed by atoms with Crippen molar-refractivity contribution in [3.05, 3.63) is 64.9 Å². The molecule has 3 heterocycles. The van der Waals surface area contributed by atoms with Crippen LogP contribution in [0.3, 0.4) is 0 Å². The summed E-state index contributed by atoms with van der Waals surface area (Å²) in [6.45, 7) is 13.2. The maximum atomic E-state index is 13.1. The van der Waals surface area contributed by atoms with E-state index < -0.39 is 0 Å². The zero-order valence-electron chi connectivity index (χ0n) is 19.7. The Bertz CT molecular complexity index is 1100. The van der Waals surface area contributed by atoms with Crippen molar-refractivity contribution in [1.29, 1.82) is 0 Å². The van der Waals surface area contributed by atoms with Crippen LogP contribution in [0.5, 0.6) is 0 Å². The number of nitrogens with zero attached hydrogens (tertiary/aromatic N) is 6. The molecule has 1 fully saturated rings. The van der Waals surface area contributed by atoms with Crippen molar-refractivity contribution in [3.63, 3.8) is 0 Å². The van der Waals surface area contributed by atoms with Gasteiger partial charge in [0.25, 0.3) is 0 Å². The van der Waals surface area contributed by atoms with E-state index in [1.54, 1.807) is 0 Å². The van der Waals surface area contributed by atoms with E-state index in [-0.39, 0.29) is 5.91 Å². The SMILES string of the molecule is Cc1cc(N2CCN(C(=O)Cc3c(C)nn(-c4ccccc4)c3C)CC2)nc(C(C)C)n1. The molecule has 0 bridgehead atoms. The monoisotopic (exact) mass is 432 g/mol. The number of rotatable bonds is 5. The lowest BCUT2D eigenvalue weighted by molar-refractivity contribution is -0.130. The lowest BCUT2D eigenvalue weighted by Crippen LogP contribution is -2.49. The van der Waals surface area contributed by atoms with Gasteiger partial charge < -0.3 is 9.80 Å². The van der Waals surface area contributed by atoms with Crippen LogP contribution in [0.4, 0.5) is 5.82 Å². The number of aromatic nitrogens is 4. The first-order chi connectivity index (χ1) is 15.3. The number of amides is 1. The fourth-order valence-electron chi connectivity index (χ4n) is 4.19. The Balaban J connectivity index is 1.42. The molecule has 1 aliphatic rings. The molecule has 1 aliphatic heterocycles. The Morgan fingerprint density at radius 1 is 1.00 bits per heavy atom. The van der Waals surface area contributed by atoms with Gasteiger partial charge in [0.2, 0.25) is 5.91 Å². The number of anilines is 1. The molecule has 0 aliphatic carbocycles. The van der Waals surface area contributed by atoms with Gasteiger partial charge in [-0.05, 0) is 32.9 Å². The van der Waals surface area contributed by atoms with Crippen LogP contribution in [-0.2, 0) is 11.2 Å². The molecule has 1 amide bonds. The molecule has 1 saturated heterocycles. The van der Waals surface area contributed by atoms with Gasteiger partial charge in [0.1, 0.15) is 11.6 Å². The number of hydrogen-bond acceptors (Lipinski definition) is 5. The summed E-state index contributed by atoms with van der Waals surface area (Å²) in [5.41, 5.74) is 4.96. The van der Waals surface area contributed by atoms with Crippen LogP contribution in [0.25, 0.3) is 5.69 Å². The normalized spacial score (nSPS) is 14.3. The van der Waals surface area contributed by atoms with Crippen molar-refractivity contribution < 1.29 is 4.79 Å². The van der Waals surface area contributed by atoms with Crippen LogP contribution >= 0.6 is 0 Å². The standard InChI is InChI=1S/C25H32N6O/c1-17(2)25-26-18(3)15-23(27-25)29-11-13-30(14-12-29)24(32)16-22-19(4)28-31(20(22)5)21-9-7-6-8-10-21/h6-10,15,17H,11-14,16H2,1-5H3. The third-order valence-corrected chi connectivity index (χ3v) is 6.10. The van der Waals surface area contributed by atoms with Gasteiger partial charge in [-0.25, -0.2) is 14.6 Å². The summed E-state index contributed by atoms with van der Waals surface area (Å²) in [7, 11) is 0. The molecular weight excluding hydrogens is 400 g/mol. The topological polar surface area (TPSA) is 67.2 Å². The Hall–Kier alpha value is -3.22. The molecule has 168 valence electrons. The Morgan fingerprint density at radius 2 is 1.69 bits per heavy atom. The van der Waals surface area contributed by atoms with Crippen molar-refractivity contribution in [1.82, 2.24) is 24.6 Å². The molecule has 0 radical (unpaired) electrons. The molecule has 2 aromatic heterocycles. The van der Waals surface area contributed by atoms with Crippen LogP contribution in [0.15, 0.2) is 36.4 Å². The highest BCUT2D eigenvalue weighted by atomic mass is 16.2. The maximum Gasteiger partial charge on any atom is 0.227 e. The van der Waals surface area contributed by atoms with Gasteiger partial charge in [-0.3, -0.25) is 4.79 Å². The van der Waals surface area contributed by atoms with Crippen molar-refractivity contribution >= 4 is 11.7 Å². The molecule has 32 heavy (non-hydrogen) atoms. The molecule has 0 unspecified atom stereocenters. The fourth-order valence-corrected chi connectivity index (χ4v) is 4.19. The molecule has 3 aromatic rings. The van der Waals surface area contributed by atoms with E-state index >= 15 is 0 Å². The first-order valence-corrected chi connectivity index (χ1v) is 11.3. The minimum Gasteiger partial charge on any atom is -0.353 e. The number of carbonyl (C=O) groups is 1. The Morgan fingerprint density at radius 3 is 2.34 bits per heavy atom. The lowest BCUT2D eigenvalue weighted by atomic mass is 10.1. The number of benzene rings is 1. The van der Waals surface area contributed by atoms with E-state index in [4.69, 9.17) is 4.98 Å². The highest BCUT2D eigenvalue weighted by Crippen LogP contribution is 2.21. The van der Waals surface area contributed by atoms with Crippen LogP contribution in [-0.4, -0.2) is 56.7 Å². The second-order valence-electron chi connectivity index (χ2n) is 8.82. The smallest absolute Gasteiger partial charge is 0.227 e. The molecule has 0 N–H and O–H groups in total. The molecule has 0 saturated carbocycles. The van der Waals surface area contributed by atoms with E-state index in [2.05, 4.69) is 28.8 Å². The van der Waals surface area contributed by atoms with Gasteiger partial charge in [-0.1, -0.05) is 32.0 Å². The first kappa shape index (κ1) is 22.0. The highest BCUT2D eigenvalue weighted by molar-refractivity contribution is 5.79. The second-order valence-corrected chi connectivity index (χ2v) is 8.82. The van der Waals surface area contributed by atoms with Crippen LogP contribution in [0, 0.1) is 20.8 Å². The molecule has 7 nitrogen and oxygen atoms in total. The van der Waals surface area contributed by atoms with Gasteiger partial charge in [-0.2, -0.15) is 5.10 Å². The third kappa shape index (κ3) is 4.52. The molecule has 0 atom stereocenters. The van der Waals surface area contributed by atoms with E-state index in [1.165, 1.54) is 0 Å². The molecular formula is C25H32N6O. The van der Waals surface area contributed by atoms with Gasteiger partial charge in [-0.15, -0.1) is 0 Å². The number of hydrogen-bond donors (Lipinski definition) is 0. The molecule has 4 rings (SSSR count). The summed E-state index contributed by atoms with van der Waals surface area (Å²) in [5.74, 6) is 2.29. The van der Waals surface area contributed by atoms with Crippen LogP contribution < -0.4 is 4.90 Å². The largest absolute Gasteiger partial charge is 0.353 e. The Kier molecular flexibility index (Phi) is 6.26.